The lowest BCUT2D eigenvalue weighted by Crippen LogP contribution is -2.39. The van der Waals surface area contributed by atoms with Crippen LogP contribution in [0.3, 0.4) is 0 Å². The van der Waals surface area contributed by atoms with Gasteiger partial charge >= 0.3 is 0 Å². The first-order chi connectivity index (χ1) is 6.44. The summed E-state index contributed by atoms with van der Waals surface area (Å²) >= 11 is 0. The molecule has 0 heterocycles. The highest BCUT2D eigenvalue weighted by molar-refractivity contribution is 4.85. The van der Waals surface area contributed by atoms with Crippen molar-refractivity contribution < 1.29 is 5.11 Å². The molecule has 2 atom stereocenters. The summed E-state index contributed by atoms with van der Waals surface area (Å²) in [6, 6.07) is 0. The number of rotatable bonds is 3. The van der Waals surface area contributed by atoms with Crippen LogP contribution in [-0.2, 0) is 0 Å². The van der Waals surface area contributed by atoms with Crippen molar-refractivity contribution in [1.29, 1.82) is 0 Å². The third-order valence-corrected chi connectivity index (χ3v) is 3.56. The number of hydrogen-bond donors (Lipinski definition) is 1. The molecular formula is C12H25NO. The zero-order valence-corrected chi connectivity index (χ0v) is 10.1. The smallest absolute Gasteiger partial charge is 0.0581 e. The monoisotopic (exact) mass is 199 g/mol. The summed E-state index contributed by atoms with van der Waals surface area (Å²) in [4.78, 5) is 2.30. The zero-order chi connectivity index (χ0) is 10.8. The van der Waals surface area contributed by atoms with Gasteiger partial charge in [0, 0.05) is 6.54 Å². The maximum atomic E-state index is 9.92. The molecule has 0 saturated heterocycles. The fourth-order valence-electron chi connectivity index (χ4n) is 2.44. The highest BCUT2D eigenvalue weighted by Crippen LogP contribution is 2.38. The van der Waals surface area contributed by atoms with E-state index in [9.17, 15) is 5.11 Å². The van der Waals surface area contributed by atoms with E-state index < -0.39 is 0 Å². The van der Waals surface area contributed by atoms with Crippen LogP contribution in [-0.4, -0.2) is 36.2 Å². The Kier molecular flexibility index (Phi) is 3.96. The van der Waals surface area contributed by atoms with Crippen molar-refractivity contribution in [1.82, 2.24) is 4.90 Å². The molecule has 0 aliphatic heterocycles. The van der Waals surface area contributed by atoms with Gasteiger partial charge in [-0.1, -0.05) is 20.8 Å². The molecule has 1 saturated carbocycles. The average molecular weight is 199 g/mol. The molecule has 0 aromatic rings. The summed E-state index contributed by atoms with van der Waals surface area (Å²) in [6.45, 7) is 8.92. The van der Waals surface area contributed by atoms with Crippen LogP contribution in [0.5, 0.6) is 0 Å². The highest BCUT2D eigenvalue weighted by Gasteiger charge is 2.33. The van der Waals surface area contributed by atoms with E-state index in [1.807, 2.05) is 0 Å². The van der Waals surface area contributed by atoms with Crippen molar-refractivity contribution in [3.63, 3.8) is 0 Å². The van der Waals surface area contributed by atoms with E-state index in [1.54, 1.807) is 0 Å². The van der Waals surface area contributed by atoms with Crippen molar-refractivity contribution in [3.8, 4) is 0 Å². The molecule has 1 rings (SSSR count). The van der Waals surface area contributed by atoms with Crippen LogP contribution < -0.4 is 0 Å². The quantitative estimate of drug-likeness (QED) is 0.752. The molecule has 1 fully saturated rings. The molecule has 0 amide bonds. The largest absolute Gasteiger partial charge is 0.393 e. The Balaban J connectivity index is 2.48. The van der Waals surface area contributed by atoms with Gasteiger partial charge in [-0.25, -0.2) is 0 Å². The number of hydrogen-bond acceptors (Lipinski definition) is 2. The van der Waals surface area contributed by atoms with Crippen molar-refractivity contribution in [3.05, 3.63) is 0 Å². The lowest BCUT2D eigenvalue weighted by molar-refractivity contribution is 0.00832. The van der Waals surface area contributed by atoms with Crippen LogP contribution >= 0.6 is 0 Å². The lowest BCUT2D eigenvalue weighted by Gasteiger charge is -2.40. The minimum Gasteiger partial charge on any atom is -0.393 e. The van der Waals surface area contributed by atoms with Gasteiger partial charge in [0.15, 0.2) is 0 Å². The molecule has 1 N–H and O–H groups in total. The molecule has 2 nitrogen and oxygen atoms in total. The fraction of sp³-hybridized carbons (Fsp3) is 1.00. The third kappa shape index (κ3) is 3.25. The minimum atomic E-state index is -0.0722. The second-order valence-corrected chi connectivity index (χ2v) is 5.59. The number of aliphatic hydroxyl groups excluding tert-OH is 1. The molecule has 1 aliphatic rings. The molecule has 1 aliphatic carbocycles. The van der Waals surface area contributed by atoms with Gasteiger partial charge in [0.1, 0.15) is 0 Å². The molecule has 0 aromatic carbocycles. The SMILES string of the molecule is CCN(C)CC1CC(C)(C)CCC1O. The van der Waals surface area contributed by atoms with E-state index in [1.165, 1.54) is 12.8 Å². The van der Waals surface area contributed by atoms with Gasteiger partial charge < -0.3 is 10.0 Å². The topological polar surface area (TPSA) is 23.5 Å². The van der Waals surface area contributed by atoms with Crippen LogP contribution in [0.2, 0.25) is 0 Å². The van der Waals surface area contributed by atoms with Crippen LogP contribution in [0.15, 0.2) is 0 Å². The first kappa shape index (κ1) is 12.0. The summed E-state index contributed by atoms with van der Waals surface area (Å²) < 4.78 is 0. The molecule has 2 unspecified atom stereocenters. The molecular weight excluding hydrogens is 174 g/mol. The second-order valence-electron chi connectivity index (χ2n) is 5.59. The fourth-order valence-corrected chi connectivity index (χ4v) is 2.44. The normalized spacial score (nSPS) is 32.1. The summed E-state index contributed by atoms with van der Waals surface area (Å²) in [5.41, 5.74) is 0.429. The van der Waals surface area contributed by atoms with Crippen molar-refractivity contribution in [2.24, 2.45) is 11.3 Å². The predicted octanol–water partition coefficient (Wildman–Crippen LogP) is 2.13. The van der Waals surface area contributed by atoms with Gasteiger partial charge in [-0.2, -0.15) is 0 Å². The van der Waals surface area contributed by atoms with Gasteiger partial charge in [0.05, 0.1) is 6.10 Å². The Labute approximate surface area is 88.3 Å². The zero-order valence-electron chi connectivity index (χ0n) is 10.1. The lowest BCUT2D eigenvalue weighted by atomic mass is 9.71. The molecule has 0 spiro atoms. The number of nitrogens with zero attached hydrogens (tertiary/aromatic N) is 1. The van der Waals surface area contributed by atoms with Crippen molar-refractivity contribution >= 4 is 0 Å². The molecule has 0 aromatic heterocycles. The summed E-state index contributed by atoms with van der Waals surface area (Å²) in [7, 11) is 2.13. The molecule has 0 radical (unpaired) electrons. The van der Waals surface area contributed by atoms with E-state index in [0.717, 1.165) is 19.5 Å². The molecule has 14 heavy (non-hydrogen) atoms. The second kappa shape index (κ2) is 4.63. The Morgan fingerprint density at radius 2 is 2.07 bits per heavy atom. The van der Waals surface area contributed by atoms with Gasteiger partial charge in [0.25, 0.3) is 0 Å². The Morgan fingerprint density at radius 1 is 1.43 bits per heavy atom. The summed E-state index contributed by atoms with van der Waals surface area (Å²) in [5.74, 6) is 0.476. The maximum Gasteiger partial charge on any atom is 0.0581 e. The van der Waals surface area contributed by atoms with E-state index in [0.29, 0.717) is 11.3 Å². The number of aliphatic hydroxyl groups is 1. The Bertz CT molecular complexity index is 179. The van der Waals surface area contributed by atoms with E-state index in [-0.39, 0.29) is 6.10 Å². The molecule has 84 valence electrons. The van der Waals surface area contributed by atoms with Crippen LogP contribution in [0.25, 0.3) is 0 Å². The Morgan fingerprint density at radius 3 is 2.64 bits per heavy atom. The van der Waals surface area contributed by atoms with Gasteiger partial charge in [-0.05, 0) is 44.2 Å². The minimum absolute atomic E-state index is 0.0722. The van der Waals surface area contributed by atoms with Gasteiger partial charge in [-0.3, -0.25) is 0 Å². The van der Waals surface area contributed by atoms with Crippen molar-refractivity contribution in [2.75, 3.05) is 20.1 Å². The molecule has 0 bridgehead atoms. The van der Waals surface area contributed by atoms with Gasteiger partial charge in [0.2, 0.25) is 0 Å². The maximum absolute atomic E-state index is 9.92. The highest BCUT2D eigenvalue weighted by atomic mass is 16.3. The van der Waals surface area contributed by atoms with E-state index in [4.69, 9.17) is 0 Å². The van der Waals surface area contributed by atoms with Gasteiger partial charge in [-0.15, -0.1) is 0 Å². The standard InChI is InChI=1S/C12H25NO/c1-5-13(4)9-10-8-12(2,3)7-6-11(10)14/h10-11,14H,5-9H2,1-4H3. The predicted molar refractivity (Wildman–Crippen MR) is 60.3 cm³/mol. The average Bonchev–Trinajstić information content (AvgIpc) is 2.11. The first-order valence-corrected chi connectivity index (χ1v) is 5.81. The first-order valence-electron chi connectivity index (χ1n) is 5.81. The summed E-state index contributed by atoms with van der Waals surface area (Å²) in [5, 5.41) is 9.92. The van der Waals surface area contributed by atoms with E-state index >= 15 is 0 Å². The van der Waals surface area contributed by atoms with Crippen LogP contribution in [0.1, 0.15) is 40.0 Å². The van der Waals surface area contributed by atoms with Crippen LogP contribution in [0.4, 0.5) is 0 Å². The Hall–Kier alpha value is -0.0800. The molecule has 2 heteroatoms. The summed E-state index contributed by atoms with van der Waals surface area (Å²) in [6.07, 6.45) is 3.24. The third-order valence-electron chi connectivity index (χ3n) is 3.56. The van der Waals surface area contributed by atoms with E-state index in [2.05, 4.69) is 32.7 Å². The van der Waals surface area contributed by atoms with Crippen LogP contribution in [0, 0.1) is 11.3 Å². The van der Waals surface area contributed by atoms with Crippen molar-refractivity contribution in [2.45, 2.75) is 46.1 Å².